The van der Waals surface area contributed by atoms with E-state index in [1.807, 2.05) is 30.3 Å². The van der Waals surface area contributed by atoms with Crippen molar-refractivity contribution in [2.75, 3.05) is 17.2 Å². The zero-order valence-corrected chi connectivity index (χ0v) is 21.7. The molecule has 8 heteroatoms. The van der Waals surface area contributed by atoms with Gasteiger partial charge in [0.2, 0.25) is 11.5 Å². The Morgan fingerprint density at radius 2 is 1.87 bits per heavy atom. The number of aliphatic imine (C=N–C) groups is 1. The summed E-state index contributed by atoms with van der Waals surface area (Å²) >= 11 is 0. The van der Waals surface area contributed by atoms with E-state index in [4.69, 9.17) is 0 Å². The molecular weight excluding hydrogens is 490 g/mol. The minimum absolute atomic E-state index is 0.0500. The molecule has 0 saturated carbocycles. The van der Waals surface area contributed by atoms with Gasteiger partial charge in [-0.3, -0.25) is 19.4 Å². The Morgan fingerprint density at radius 1 is 1.08 bits per heavy atom. The Morgan fingerprint density at radius 3 is 2.72 bits per heavy atom. The van der Waals surface area contributed by atoms with Crippen LogP contribution in [0.1, 0.15) is 34.9 Å². The standard InChI is InChI=1S/C31H29N5O3/c1-3-32-27(29(38)36-13-12-25-21(18-36)9-11-28(37)34-25)14-19(2)33-23-10-8-20-16-31(17-22(20)15-23)24-6-4-5-7-26(24)35-30(31)39/h3-11,14-15,33H,2,12-13,16-18H2,1H3,(H,34,37)(H,35,39)/b27-14-,32-3?. The van der Waals surface area contributed by atoms with E-state index < -0.39 is 5.41 Å². The SMILES string of the molecule is C=C(/C=C(\N=CC)C(=O)N1CCc2[nH]c(=O)ccc2C1)Nc1ccc2c(c1)CC1(C2)C(=O)Nc2ccccc21. The van der Waals surface area contributed by atoms with Gasteiger partial charge in [-0.2, -0.15) is 0 Å². The Kier molecular flexibility index (Phi) is 6.02. The smallest absolute Gasteiger partial charge is 0.272 e. The number of aromatic nitrogens is 1. The summed E-state index contributed by atoms with van der Waals surface area (Å²) in [5.41, 5.74) is 6.98. The van der Waals surface area contributed by atoms with Crippen LogP contribution in [-0.4, -0.2) is 34.5 Å². The molecule has 3 aliphatic rings. The Labute approximate surface area is 226 Å². The van der Waals surface area contributed by atoms with E-state index in [2.05, 4.69) is 39.3 Å². The third kappa shape index (κ3) is 4.37. The second-order valence-corrected chi connectivity index (χ2v) is 10.3. The molecule has 8 nitrogen and oxygen atoms in total. The fourth-order valence-corrected chi connectivity index (χ4v) is 5.94. The van der Waals surface area contributed by atoms with Crippen molar-refractivity contribution in [2.24, 2.45) is 4.99 Å². The lowest BCUT2D eigenvalue weighted by molar-refractivity contribution is -0.128. The first-order valence-electron chi connectivity index (χ1n) is 13.1. The number of carbonyl (C=O) groups excluding carboxylic acids is 2. The molecule has 0 fully saturated rings. The van der Waals surface area contributed by atoms with Crippen molar-refractivity contribution in [2.45, 2.75) is 38.1 Å². The first kappa shape index (κ1) is 24.6. The Bertz CT molecular complexity index is 1650. The minimum Gasteiger partial charge on any atom is -0.356 e. The van der Waals surface area contributed by atoms with Gasteiger partial charge >= 0.3 is 0 Å². The van der Waals surface area contributed by atoms with Crippen molar-refractivity contribution < 1.29 is 9.59 Å². The number of nitrogens with zero attached hydrogens (tertiary/aromatic N) is 2. The van der Waals surface area contributed by atoms with Crippen LogP contribution in [0.2, 0.25) is 0 Å². The van der Waals surface area contributed by atoms with Crippen LogP contribution in [0.3, 0.4) is 0 Å². The molecular formula is C31H29N5O3. The molecule has 3 aromatic rings. The molecule has 1 atom stereocenters. The number of carbonyl (C=O) groups is 2. The molecule has 0 saturated heterocycles. The van der Waals surface area contributed by atoms with Crippen LogP contribution in [-0.2, 0) is 40.8 Å². The number of aromatic amines is 1. The van der Waals surface area contributed by atoms with Crippen LogP contribution < -0.4 is 16.2 Å². The van der Waals surface area contributed by atoms with E-state index >= 15 is 0 Å². The van der Waals surface area contributed by atoms with Crippen LogP contribution in [0.5, 0.6) is 0 Å². The molecule has 3 heterocycles. The Hall–Kier alpha value is -4.72. The van der Waals surface area contributed by atoms with E-state index in [0.29, 0.717) is 38.0 Å². The van der Waals surface area contributed by atoms with E-state index in [-0.39, 0.29) is 23.1 Å². The molecule has 2 amide bonds. The molecule has 3 N–H and O–H groups in total. The largest absolute Gasteiger partial charge is 0.356 e. The number of anilines is 2. The molecule has 0 radical (unpaired) electrons. The summed E-state index contributed by atoms with van der Waals surface area (Å²) in [6.45, 7) is 6.78. The first-order chi connectivity index (χ1) is 18.9. The van der Waals surface area contributed by atoms with Gasteiger partial charge in [-0.15, -0.1) is 0 Å². The molecule has 1 unspecified atom stereocenters. The lowest BCUT2D eigenvalue weighted by Gasteiger charge is -2.28. The van der Waals surface area contributed by atoms with Crippen molar-refractivity contribution >= 4 is 29.4 Å². The summed E-state index contributed by atoms with van der Waals surface area (Å²) in [7, 11) is 0. The number of para-hydroxylation sites is 1. The average Bonchev–Trinajstić information content (AvgIpc) is 3.44. The van der Waals surface area contributed by atoms with Crippen LogP contribution in [0.15, 0.2) is 88.4 Å². The van der Waals surface area contributed by atoms with Crippen LogP contribution in [0.25, 0.3) is 0 Å². The lowest BCUT2D eigenvalue weighted by Crippen LogP contribution is -2.37. The maximum Gasteiger partial charge on any atom is 0.272 e. The van der Waals surface area contributed by atoms with Gasteiger partial charge in [0.1, 0.15) is 5.70 Å². The number of allylic oxidation sites excluding steroid dienone is 1. The summed E-state index contributed by atoms with van der Waals surface area (Å²) in [4.78, 5) is 46.9. The number of benzene rings is 2. The maximum absolute atomic E-state index is 13.3. The molecule has 0 bridgehead atoms. The molecule has 1 aromatic heterocycles. The van der Waals surface area contributed by atoms with Crippen molar-refractivity contribution in [3.05, 3.63) is 117 Å². The summed E-state index contributed by atoms with van der Waals surface area (Å²) in [5.74, 6) is -0.149. The zero-order valence-electron chi connectivity index (χ0n) is 21.7. The molecule has 2 aromatic carbocycles. The molecule has 196 valence electrons. The van der Waals surface area contributed by atoms with Crippen molar-refractivity contribution in [3.8, 4) is 0 Å². The first-order valence-corrected chi connectivity index (χ1v) is 13.1. The predicted molar refractivity (Wildman–Crippen MR) is 152 cm³/mol. The van der Waals surface area contributed by atoms with E-state index in [9.17, 15) is 14.4 Å². The monoisotopic (exact) mass is 519 g/mol. The Balaban J connectivity index is 1.18. The number of hydrogen-bond donors (Lipinski definition) is 3. The number of H-pyrrole nitrogens is 1. The number of fused-ring (bicyclic) bond motifs is 4. The number of rotatable bonds is 5. The molecule has 1 spiro atoms. The van der Waals surface area contributed by atoms with Gasteiger partial charge in [0, 0.05) is 54.6 Å². The van der Waals surface area contributed by atoms with Crippen LogP contribution in [0.4, 0.5) is 11.4 Å². The highest BCUT2D eigenvalue weighted by atomic mass is 16.2. The highest BCUT2D eigenvalue weighted by Crippen LogP contribution is 2.47. The van der Waals surface area contributed by atoms with E-state index in [1.165, 1.54) is 6.07 Å². The normalized spacial score (nSPS) is 19.6. The fourth-order valence-electron chi connectivity index (χ4n) is 5.94. The second-order valence-electron chi connectivity index (χ2n) is 10.3. The topological polar surface area (TPSA) is 107 Å². The molecule has 6 rings (SSSR count). The lowest BCUT2D eigenvalue weighted by atomic mass is 9.79. The number of hydrogen-bond acceptors (Lipinski definition) is 5. The van der Waals surface area contributed by atoms with Crippen molar-refractivity contribution in [1.82, 2.24) is 9.88 Å². The molecule has 2 aliphatic heterocycles. The van der Waals surface area contributed by atoms with Gasteiger partial charge in [0.05, 0.1) is 5.41 Å². The van der Waals surface area contributed by atoms with Gasteiger partial charge in [-0.1, -0.05) is 36.9 Å². The summed E-state index contributed by atoms with van der Waals surface area (Å²) in [6.07, 6.45) is 5.13. The maximum atomic E-state index is 13.3. The summed E-state index contributed by atoms with van der Waals surface area (Å²) in [5, 5.41) is 6.34. The zero-order chi connectivity index (χ0) is 27.1. The fraction of sp³-hybridized carbons (Fsp3) is 0.226. The third-order valence-corrected chi connectivity index (χ3v) is 7.80. The van der Waals surface area contributed by atoms with Crippen molar-refractivity contribution in [1.29, 1.82) is 0 Å². The predicted octanol–water partition coefficient (Wildman–Crippen LogP) is 3.85. The minimum atomic E-state index is -0.566. The highest BCUT2D eigenvalue weighted by molar-refractivity contribution is 6.07. The molecule has 39 heavy (non-hydrogen) atoms. The van der Waals surface area contributed by atoms with Gasteiger partial charge in [0.15, 0.2) is 0 Å². The average molecular weight is 520 g/mol. The second kappa shape index (κ2) is 9.54. The number of pyridine rings is 1. The van der Waals surface area contributed by atoms with Gasteiger partial charge < -0.3 is 20.5 Å². The third-order valence-electron chi connectivity index (χ3n) is 7.80. The summed E-state index contributed by atoms with van der Waals surface area (Å²) < 4.78 is 0. The quantitative estimate of drug-likeness (QED) is 0.270. The number of nitrogens with one attached hydrogen (secondary N) is 3. The van der Waals surface area contributed by atoms with Crippen LogP contribution in [0, 0.1) is 0 Å². The van der Waals surface area contributed by atoms with Gasteiger partial charge in [-0.25, -0.2) is 0 Å². The van der Waals surface area contributed by atoms with Crippen LogP contribution >= 0.6 is 0 Å². The van der Waals surface area contributed by atoms with E-state index in [0.717, 1.165) is 39.3 Å². The highest BCUT2D eigenvalue weighted by Gasteiger charge is 2.50. The number of amides is 2. The molecule has 1 aliphatic carbocycles. The van der Waals surface area contributed by atoms with Gasteiger partial charge in [0.25, 0.3) is 5.91 Å². The van der Waals surface area contributed by atoms with E-state index in [1.54, 1.807) is 30.2 Å². The van der Waals surface area contributed by atoms with Gasteiger partial charge in [-0.05, 0) is 66.3 Å². The summed E-state index contributed by atoms with van der Waals surface area (Å²) in [6, 6.07) is 17.3. The van der Waals surface area contributed by atoms with Crippen molar-refractivity contribution in [3.63, 3.8) is 0 Å².